The van der Waals surface area contributed by atoms with Crippen molar-refractivity contribution in [1.82, 2.24) is 14.7 Å². The highest BCUT2D eigenvalue weighted by Crippen LogP contribution is 2.23. The van der Waals surface area contributed by atoms with Crippen LogP contribution in [-0.2, 0) is 0 Å². The number of aromatic nitrogens is 2. The number of amides is 1. The first kappa shape index (κ1) is 16.7. The van der Waals surface area contributed by atoms with Crippen molar-refractivity contribution in [1.29, 1.82) is 0 Å². The van der Waals surface area contributed by atoms with Gasteiger partial charge in [-0.25, -0.2) is 0 Å². The number of nitrogens with one attached hydrogen (secondary N) is 2. The van der Waals surface area contributed by atoms with Gasteiger partial charge in [0.2, 0.25) is 0 Å². The lowest BCUT2D eigenvalue weighted by Crippen LogP contribution is -2.26. The summed E-state index contributed by atoms with van der Waals surface area (Å²) in [6.45, 7) is 1.92. The van der Waals surface area contributed by atoms with Gasteiger partial charge in [0.15, 0.2) is 3.95 Å². The zero-order valence-electron chi connectivity index (χ0n) is 13.9. The SMILES string of the molecule is C[C@H](NC(=O)c1sc(=S)n2c1[nH]c(=O)c1ccccc12)c1ccccc1. The van der Waals surface area contributed by atoms with E-state index in [1.807, 2.05) is 49.4 Å². The Morgan fingerprint density at radius 1 is 1.15 bits per heavy atom. The normalized spacial score (nSPS) is 12.3. The number of carbonyl (C=O) groups excluding carboxylic acids is 1. The Balaban J connectivity index is 1.81. The number of fused-ring (bicyclic) bond motifs is 3. The molecule has 0 bridgehead atoms. The van der Waals surface area contributed by atoms with Gasteiger partial charge in [-0.3, -0.25) is 14.0 Å². The van der Waals surface area contributed by atoms with Crippen LogP contribution in [0.2, 0.25) is 0 Å². The van der Waals surface area contributed by atoms with E-state index in [9.17, 15) is 9.59 Å². The number of thiazole rings is 1. The third-order valence-corrected chi connectivity index (χ3v) is 5.66. The molecule has 26 heavy (non-hydrogen) atoms. The molecule has 0 aliphatic rings. The second-order valence-corrected chi connectivity index (χ2v) is 7.60. The van der Waals surface area contributed by atoms with Crippen LogP contribution in [0.25, 0.3) is 16.6 Å². The number of rotatable bonds is 3. The van der Waals surface area contributed by atoms with Gasteiger partial charge >= 0.3 is 0 Å². The smallest absolute Gasteiger partial charge is 0.265 e. The van der Waals surface area contributed by atoms with Crippen LogP contribution < -0.4 is 10.9 Å². The Hall–Kier alpha value is -2.77. The summed E-state index contributed by atoms with van der Waals surface area (Å²) in [5.74, 6) is -0.258. The maximum Gasteiger partial charge on any atom is 0.265 e. The van der Waals surface area contributed by atoms with E-state index < -0.39 is 0 Å². The van der Waals surface area contributed by atoms with Gasteiger partial charge in [-0.15, -0.1) is 0 Å². The minimum atomic E-state index is -0.258. The van der Waals surface area contributed by atoms with E-state index in [4.69, 9.17) is 12.2 Å². The lowest BCUT2D eigenvalue weighted by atomic mass is 10.1. The molecular formula is C19H15N3O2S2. The first-order valence-corrected chi connectivity index (χ1v) is 9.31. The Morgan fingerprint density at radius 2 is 1.85 bits per heavy atom. The van der Waals surface area contributed by atoms with Crippen LogP contribution >= 0.6 is 23.6 Å². The van der Waals surface area contributed by atoms with Gasteiger partial charge in [0, 0.05) is 0 Å². The second kappa shape index (κ2) is 6.51. The van der Waals surface area contributed by atoms with Crippen LogP contribution in [0.3, 0.4) is 0 Å². The predicted octanol–water partition coefficient (Wildman–Crippen LogP) is 4.06. The summed E-state index contributed by atoms with van der Waals surface area (Å²) in [4.78, 5) is 28.4. The highest BCUT2D eigenvalue weighted by atomic mass is 32.1. The van der Waals surface area contributed by atoms with Crippen molar-refractivity contribution in [3.05, 3.63) is 79.3 Å². The minimum Gasteiger partial charge on any atom is -0.345 e. The van der Waals surface area contributed by atoms with Crippen LogP contribution in [0.1, 0.15) is 28.2 Å². The Bertz CT molecular complexity index is 1240. The molecule has 1 atom stereocenters. The van der Waals surface area contributed by atoms with Crippen LogP contribution in [0.4, 0.5) is 0 Å². The van der Waals surface area contributed by atoms with E-state index in [0.717, 1.165) is 5.56 Å². The molecule has 2 heterocycles. The lowest BCUT2D eigenvalue weighted by Gasteiger charge is -2.13. The van der Waals surface area contributed by atoms with E-state index in [1.54, 1.807) is 16.5 Å². The summed E-state index contributed by atoms with van der Waals surface area (Å²) in [5.41, 5.74) is 1.90. The molecule has 0 spiro atoms. The van der Waals surface area contributed by atoms with E-state index in [0.29, 0.717) is 25.4 Å². The fourth-order valence-corrected chi connectivity index (χ4v) is 4.27. The fraction of sp³-hybridized carbons (Fsp3) is 0.105. The van der Waals surface area contributed by atoms with Crippen LogP contribution in [-0.4, -0.2) is 15.3 Å². The summed E-state index contributed by atoms with van der Waals surface area (Å²) in [7, 11) is 0. The zero-order valence-corrected chi connectivity index (χ0v) is 15.5. The number of aromatic amines is 1. The van der Waals surface area contributed by atoms with Gasteiger partial charge in [0.1, 0.15) is 10.5 Å². The number of para-hydroxylation sites is 1. The summed E-state index contributed by atoms with van der Waals surface area (Å²) < 4.78 is 2.27. The topological polar surface area (TPSA) is 66.4 Å². The standard InChI is InChI=1S/C19H15N3O2S2/c1-11(12-7-3-2-4-8-12)20-18(24)15-16-21-17(23)13-9-5-6-10-14(13)22(16)19(25)26-15/h2-11H,1H3,(H,20,24)(H,21,23)/t11-/m0/s1. The molecule has 130 valence electrons. The highest BCUT2D eigenvalue weighted by molar-refractivity contribution is 7.73. The second-order valence-electron chi connectivity index (χ2n) is 5.96. The van der Waals surface area contributed by atoms with Crippen molar-refractivity contribution in [2.45, 2.75) is 13.0 Å². The molecule has 5 nitrogen and oxygen atoms in total. The molecule has 0 saturated carbocycles. The predicted molar refractivity (Wildman–Crippen MR) is 107 cm³/mol. The van der Waals surface area contributed by atoms with Gasteiger partial charge in [-0.2, -0.15) is 0 Å². The number of carbonyl (C=O) groups is 1. The molecule has 0 saturated heterocycles. The first-order valence-electron chi connectivity index (χ1n) is 8.08. The molecular weight excluding hydrogens is 366 g/mol. The van der Waals surface area contributed by atoms with Crippen molar-refractivity contribution in [3.63, 3.8) is 0 Å². The van der Waals surface area contributed by atoms with Gasteiger partial charge in [-0.1, -0.05) is 53.8 Å². The maximum absolute atomic E-state index is 12.8. The van der Waals surface area contributed by atoms with Crippen LogP contribution in [0.15, 0.2) is 59.4 Å². The maximum atomic E-state index is 12.8. The monoisotopic (exact) mass is 381 g/mol. The number of benzene rings is 2. The molecule has 1 amide bonds. The van der Waals surface area contributed by atoms with Crippen LogP contribution in [0, 0.1) is 3.95 Å². The molecule has 0 fully saturated rings. The molecule has 2 aromatic heterocycles. The van der Waals surface area contributed by atoms with E-state index in [-0.39, 0.29) is 17.5 Å². The molecule has 7 heteroatoms. The first-order chi connectivity index (χ1) is 12.6. The van der Waals surface area contributed by atoms with Gasteiger partial charge in [0.25, 0.3) is 11.5 Å². The fourth-order valence-electron chi connectivity index (χ4n) is 2.98. The number of nitrogens with zero attached hydrogens (tertiary/aromatic N) is 1. The average Bonchev–Trinajstić information content (AvgIpc) is 2.99. The van der Waals surface area contributed by atoms with Gasteiger partial charge in [0.05, 0.1) is 16.9 Å². The van der Waals surface area contributed by atoms with Gasteiger partial charge in [-0.05, 0) is 36.8 Å². The summed E-state index contributed by atoms with van der Waals surface area (Å²) in [6, 6.07) is 16.8. The van der Waals surface area contributed by atoms with Crippen molar-refractivity contribution < 1.29 is 4.79 Å². The molecule has 0 aliphatic carbocycles. The van der Waals surface area contributed by atoms with Crippen molar-refractivity contribution >= 4 is 46.0 Å². The van der Waals surface area contributed by atoms with Crippen molar-refractivity contribution in [2.75, 3.05) is 0 Å². The molecule has 4 rings (SSSR count). The van der Waals surface area contributed by atoms with Crippen LogP contribution in [0.5, 0.6) is 0 Å². The third-order valence-electron chi connectivity index (χ3n) is 4.29. The number of H-pyrrole nitrogens is 1. The molecule has 4 aromatic rings. The lowest BCUT2D eigenvalue weighted by molar-refractivity contribution is 0.0945. The molecule has 2 N–H and O–H groups in total. The largest absolute Gasteiger partial charge is 0.345 e. The Labute approximate surface area is 157 Å². The van der Waals surface area contributed by atoms with Crippen molar-refractivity contribution in [3.8, 4) is 0 Å². The molecule has 0 unspecified atom stereocenters. The summed E-state index contributed by atoms with van der Waals surface area (Å²) in [5, 5.41) is 3.52. The Kier molecular flexibility index (Phi) is 4.18. The number of hydrogen-bond donors (Lipinski definition) is 2. The Morgan fingerprint density at radius 3 is 2.62 bits per heavy atom. The van der Waals surface area contributed by atoms with Gasteiger partial charge < -0.3 is 10.3 Å². The number of hydrogen-bond acceptors (Lipinski definition) is 4. The van der Waals surface area contributed by atoms with Crippen molar-refractivity contribution in [2.24, 2.45) is 0 Å². The summed E-state index contributed by atoms with van der Waals surface area (Å²) >= 11 is 6.64. The third kappa shape index (κ3) is 2.75. The summed E-state index contributed by atoms with van der Waals surface area (Å²) in [6.07, 6.45) is 0. The minimum absolute atomic E-state index is 0.161. The quantitative estimate of drug-likeness (QED) is 0.526. The van der Waals surface area contributed by atoms with E-state index in [2.05, 4.69) is 10.3 Å². The molecule has 2 aromatic carbocycles. The van der Waals surface area contributed by atoms with E-state index >= 15 is 0 Å². The average molecular weight is 381 g/mol. The zero-order chi connectivity index (χ0) is 18.3. The molecule has 0 radical (unpaired) electrons. The highest BCUT2D eigenvalue weighted by Gasteiger charge is 2.19. The van der Waals surface area contributed by atoms with E-state index in [1.165, 1.54) is 11.3 Å². The molecule has 0 aliphatic heterocycles.